The number of nitrogens with one attached hydrogen (secondary N) is 1. The molecule has 8 heteroatoms. The summed E-state index contributed by atoms with van der Waals surface area (Å²) in [5.74, 6) is -0.229. The molecular formula is C31H28ClNO6. The fraction of sp³-hybridized carbons (Fsp3) is 0.258. The van der Waals surface area contributed by atoms with Crippen LogP contribution in [-0.4, -0.2) is 18.6 Å². The monoisotopic (exact) mass is 545 g/mol. The van der Waals surface area contributed by atoms with E-state index >= 15 is 0 Å². The molecule has 1 heterocycles. The predicted octanol–water partition coefficient (Wildman–Crippen LogP) is 6.75. The predicted molar refractivity (Wildman–Crippen MR) is 149 cm³/mol. The molecule has 0 atom stereocenters. The average Bonchev–Trinajstić information content (AvgIpc) is 2.96. The molecule has 1 aliphatic rings. The van der Waals surface area contributed by atoms with Gasteiger partial charge in [0, 0.05) is 24.1 Å². The van der Waals surface area contributed by atoms with Crippen molar-refractivity contribution in [1.29, 1.82) is 0 Å². The van der Waals surface area contributed by atoms with Crippen molar-refractivity contribution in [2.75, 3.05) is 6.54 Å². The Labute approximate surface area is 230 Å². The zero-order valence-corrected chi connectivity index (χ0v) is 22.0. The molecular weight excluding hydrogens is 518 g/mol. The third-order valence-corrected chi connectivity index (χ3v) is 7.32. The van der Waals surface area contributed by atoms with Crippen molar-refractivity contribution in [3.05, 3.63) is 99.9 Å². The molecule has 200 valence electrons. The Morgan fingerprint density at radius 2 is 1.62 bits per heavy atom. The lowest BCUT2D eigenvalue weighted by molar-refractivity contribution is -0.140. The van der Waals surface area contributed by atoms with Gasteiger partial charge in [-0.1, -0.05) is 72.3 Å². The third-order valence-electron chi connectivity index (χ3n) is 7.02. The number of carbonyl (C=O) groups excluding carboxylic acids is 2. The van der Waals surface area contributed by atoms with Crippen LogP contribution in [0.5, 0.6) is 5.75 Å². The van der Waals surface area contributed by atoms with E-state index in [1.165, 1.54) is 12.1 Å². The van der Waals surface area contributed by atoms with E-state index < -0.39 is 11.7 Å². The van der Waals surface area contributed by atoms with Gasteiger partial charge in [0.1, 0.15) is 12.2 Å². The Kier molecular flexibility index (Phi) is 8.27. The van der Waals surface area contributed by atoms with Gasteiger partial charge in [-0.05, 0) is 54.4 Å². The molecule has 3 aromatic carbocycles. The van der Waals surface area contributed by atoms with E-state index in [4.69, 9.17) is 25.5 Å². The zero-order chi connectivity index (χ0) is 27.2. The molecule has 0 bridgehead atoms. The Morgan fingerprint density at radius 3 is 2.33 bits per heavy atom. The van der Waals surface area contributed by atoms with Crippen LogP contribution in [0.15, 0.2) is 88.1 Å². The van der Waals surface area contributed by atoms with Crippen molar-refractivity contribution in [2.45, 2.75) is 32.3 Å². The molecule has 7 nitrogen and oxygen atoms in total. The van der Waals surface area contributed by atoms with Crippen LogP contribution < -0.4 is 15.7 Å². The van der Waals surface area contributed by atoms with Crippen LogP contribution in [0.4, 0.5) is 4.79 Å². The van der Waals surface area contributed by atoms with Crippen LogP contribution in [0, 0.1) is 11.8 Å². The van der Waals surface area contributed by atoms with Gasteiger partial charge in [0.2, 0.25) is 0 Å². The zero-order valence-electron chi connectivity index (χ0n) is 21.2. The summed E-state index contributed by atoms with van der Waals surface area (Å²) in [7, 11) is 0. The van der Waals surface area contributed by atoms with E-state index in [1.54, 1.807) is 6.07 Å². The van der Waals surface area contributed by atoms with Crippen LogP contribution in [0.1, 0.15) is 31.2 Å². The Hall–Kier alpha value is -4.10. The number of rotatable bonds is 7. The average molecular weight is 546 g/mol. The number of alkyl carbamates (subject to hydrolysis) is 1. The molecule has 1 N–H and O–H groups in total. The minimum Gasteiger partial charge on any atom is -0.445 e. The lowest BCUT2D eigenvalue weighted by atomic mass is 9.82. The molecule has 0 radical (unpaired) electrons. The van der Waals surface area contributed by atoms with Crippen LogP contribution in [0.3, 0.4) is 0 Å². The first-order valence-electron chi connectivity index (χ1n) is 13.0. The van der Waals surface area contributed by atoms with Gasteiger partial charge in [0.25, 0.3) is 0 Å². The third kappa shape index (κ3) is 6.67. The first kappa shape index (κ1) is 26.5. The number of fused-ring (bicyclic) bond motifs is 1. The summed E-state index contributed by atoms with van der Waals surface area (Å²) in [6.07, 6.45) is 2.39. The number of benzene rings is 3. The van der Waals surface area contributed by atoms with Gasteiger partial charge in [-0.15, -0.1) is 0 Å². The second kappa shape index (κ2) is 12.2. The van der Waals surface area contributed by atoms with Crippen molar-refractivity contribution in [3.8, 4) is 16.9 Å². The smallest absolute Gasteiger partial charge is 0.407 e. The second-order valence-electron chi connectivity index (χ2n) is 9.71. The number of amides is 1. The highest BCUT2D eigenvalue weighted by molar-refractivity contribution is 6.33. The summed E-state index contributed by atoms with van der Waals surface area (Å²) >= 11 is 6.50. The van der Waals surface area contributed by atoms with Gasteiger partial charge in [-0.25, -0.2) is 9.59 Å². The summed E-state index contributed by atoms with van der Waals surface area (Å²) in [5.41, 5.74) is 2.26. The summed E-state index contributed by atoms with van der Waals surface area (Å²) in [4.78, 5) is 37.2. The maximum Gasteiger partial charge on any atom is 0.407 e. The van der Waals surface area contributed by atoms with Crippen molar-refractivity contribution in [2.24, 2.45) is 11.8 Å². The molecule has 1 saturated carbocycles. The first-order valence-corrected chi connectivity index (χ1v) is 13.3. The van der Waals surface area contributed by atoms with Crippen LogP contribution >= 0.6 is 11.6 Å². The molecule has 39 heavy (non-hydrogen) atoms. The van der Waals surface area contributed by atoms with E-state index in [0.717, 1.165) is 24.0 Å². The molecule has 1 fully saturated rings. The summed E-state index contributed by atoms with van der Waals surface area (Å²) in [6, 6.07) is 23.5. The van der Waals surface area contributed by atoms with Gasteiger partial charge in [-0.2, -0.15) is 0 Å². The van der Waals surface area contributed by atoms with E-state index in [-0.39, 0.29) is 35.2 Å². The van der Waals surface area contributed by atoms with Crippen LogP contribution in [0.25, 0.3) is 22.1 Å². The van der Waals surface area contributed by atoms with E-state index in [0.29, 0.717) is 35.9 Å². The molecule has 1 aromatic heterocycles. The SMILES string of the molecule is O=C(NCC1CCC(C(=O)Oc2cc3oc(=O)cc(-c4ccccc4)c3cc2Cl)CC1)OCc1ccccc1. The molecule has 4 aromatic rings. The summed E-state index contributed by atoms with van der Waals surface area (Å²) < 4.78 is 16.3. The van der Waals surface area contributed by atoms with Gasteiger partial charge < -0.3 is 19.2 Å². The van der Waals surface area contributed by atoms with Crippen LogP contribution in [0.2, 0.25) is 5.02 Å². The Bertz CT molecular complexity index is 1510. The number of ether oxygens (including phenoxy) is 2. The van der Waals surface area contributed by atoms with E-state index in [9.17, 15) is 14.4 Å². The Morgan fingerprint density at radius 1 is 0.923 bits per heavy atom. The van der Waals surface area contributed by atoms with Crippen molar-refractivity contribution < 1.29 is 23.5 Å². The number of esters is 1. The topological polar surface area (TPSA) is 94.8 Å². The normalized spacial score (nSPS) is 16.9. The second-order valence-corrected chi connectivity index (χ2v) is 10.1. The van der Waals surface area contributed by atoms with Crippen molar-refractivity contribution in [1.82, 2.24) is 5.32 Å². The maximum atomic E-state index is 12.9. The molecule has 1 aliphatic carbocycles. The molecule has 0 spiro atoms. The highest BCUT2D eigenvalue weighted by Crippen LogP contribution is 2.36. The molecule has 5 rings (SSSR count). The highest BCUT2D eigenvalue weighted by Gasteiger charge is 2.29. The van der Waals surface area contributed by atoms with Gasteiger partial charge in [0.15, 0.2) is 5.75 Å². The number of hydrogen-bond donors (Lipinski definition) is 1. The number of carbonyl (C=O) groups is 2. The van der Waals surface area contributed by atoms with Gasteiger partial charge >= 0.3 is 17.7 Å². The summed E-state index contributed by atoms with van der Waals surface area (Å²) in [6.45, 7) is 0.717. The highest BCUT2D eigenvalue weighted by atomic mass is 35.5. The fourth-order valence-electron chi connectivity index (χ4n) is 4.89. The van der Waals surface area contributed by atoms with E-state index in [2.05, 4.69) is 5.32 Å². The van der Waals surface area contributed by atoms with Gasteiger partial charge in [-0.3, -0.25) is 4.79 Å². The van der Waals surface area contributed by atoms with Gasteiger partial charge in [0.05, 0.1) is 10.9 Å². The van der Waals surface area contributed by atoms with Crippen molar-refractivity contribution in [3.63, 3.8) is 0 Å². The van der Waals surface area contributed by atoms with Crippen LogP contribution in [-0.2, 0) is 16.1 Å². The Balaban J connectivity index is 1.16. The molecule has 0 saturated heterocycles. The minimum atomic E-state index is -0.503. The molecule has 0 unspecified atom stereocenters. The first-order chi connectivity index (χ1) is 19.0. The molecule has 0 aliphatic heterocycles. The summed E-state index contributed by atoms with van der Waals surface area (Å²) in [5, 5.41) is 3.73. The number of hydrogen-bond acceptors (Lipinski definition) is 6. The largest absolute Gasteiger partial charge is 0.445 e. The number of halogens is 1. The van der Waals surface area contributed by atoms with Crippen molar-refractivity contribution >= 4 is 34.6 Å². The minimum absolute atomic E-state index is 0.160. The maximum absolute atomic E-state index is 12.9. The standard InChI is InChI=1S/C31H28ClNO6/c32-26-15-25-24(22-9-5-2-6-10-22)16-29(34)38-27(25)17-28(26)39-30(35)23-13-11-20(12-14-23)18-33-31(36)37-19-21-7-3-1-4-8-21/h1-10,15-17,20,23H,11-14,18-19H2,(H,33,36). The molecule has 1 amide bonds. The lowest BCUT2D eigenvalue weighted by Crippen LogP contribution is -2.33. The fourth-order valence-corrected chi connectivity index (χ4v) is 5.10. The quantitative estimate of drug-likeness (QED) is 0.157. The van der Waals surface area contributed by atoms with E-state index in [1.807, 2.05) is 60.7 Å². The lowest BCUT2D eigenvalue weighted by Gasteiger charge is -2.27.